The number of carbonyl (C=O) groups is 2. The molecule has 1 heterocycles. The topological polar surface area (TPSA) is 58.6 Å². The molecular weight excluding hydrogens is 372 g/mol. The lowest BCUT2D eigenvalue weighted by Gasteiger charge is -2.23. The molecule has 0 unspecified atom stereocenters. The maximum absolute atomic E-state index is 12.8. The van der Waals surface area contributed by atoms with Gasteiger partial charge in [0.2, 0.25) is 5.91 Å². The molecule has 1 atom stereocenters. The van der Waals surface area contributed by atoms with Gasteiger partial charge in [0.05, 0.1) is 18.7 Å². The van der Waals surface area contributed by atoms with Gasteiger partial charge in [0.15, 0.2) is 0 Å². The van der Waals surface area contributed by atoms with Gasteiger partial charge in [-0.25, -0.2) is 0 Å². The van der Waals surface area contributed by atoms with Crippen LogP contribution in [0.4, 0.5) is 5.69 Å². The molecule has 7 heteroatoms. The number of carbonyl (C=O) groups excluding carboxylic acids is 2. The minimum Gasteiger partial charge on any atom is -0.495 e. The third-order valence-electron chi connectivity index (χ3n) is 4.21. The van der Waals surface area contributed by atoms with E-state index in [1.807, 2.05) is 25.1 Å². The van der Waals surface area contributed by atoms with Crippen molar-refractivity contribution in [1.29, 1.82) is 0 Å². The van der Waals surface area contributed by atoms with Crippen molar-refractivity contribution in [2.45, 2.75) is 13.0 Å². The quantitative estimate of drug-likeness (QED) is 0.862. The first-order valence-corrected chi connectivity index (χ1v) is 9.63. The molecule has 0 saturated carbocycles. The van der Waals surface area contributed by atoms with Crippen LogP contribution in [0.5, 0.6) is 5.75 Å². The Morgan fingerprint density at radius 3 is 2.69 bits per heavy atom. The standard InChI is InChI=1S/C19H19ClN2O3S/c1-12-8-15(17(25-2)9-14(12)20)21-18(23)16-10-26-11-22(16)19(24)13-6-4-3-5-7-13/h3-9,16H,10-11H2,1-2H3,(H,21,23)/t16-/m0/s1. The second-order valence-corrected chi connectivity index (χ2v) is 7.35. The van der Waals surface area contributed by atoms with Crippen LogP contribution in [0.1, 0.15) is 15.9 Å². The van der Waals surface area contributed by atoms with Crippen LogP contribution in [0, 0.1) is 6.92 Å². The maximum Gasteiger partial charge on any atom is 0.255 e. The molecule has 2 aromatic rings. The largest absolute Gasteiger partial charge is 0.495 e. The van der Waals surface area contributed by atoms with Crippen molar-refractivity contribution in [3.05, 3.63) is 58.6 Å². The SMILES string of the molecule is COc1cc(Cl)c(C)cc1NC(=O)[C@@H]1CSCN1C(=O)c1ccccc1. The number of methoxy groups -OCH3 is 1. The molecule has 0 aliphatic carbocycles. The predicted octanol–water partition coefficient (Wildman–Crippen LogP) is 3.81. The van der Waals surface area contributed by atoms with Gasteiger partial charge in [0.25, 0.3) is 5.91 Å². The van der Waals surface area contributed by atoms with Crippen LogP contribution in [0.15, 0.2) is 42.5 Å². The Morgan fingerprint density at radius 1 is 1.27 bits per heavy atom. The van der Waals surface area contributed by atoms with Gasteiger partial charge in [0.1, 0.15) is 11.8 Å². The number of amides is 2. The Morgan fingerprint density at radius 2 is 2.00 bits per heavy atom. The lowest BCUT2D eigenvalue weighted by molar-refractivity contribution is -0.119. The van der Waals surface area contributed by atoms with Gasteiger partial charge in [-0.05, 0) is 30.7 Å². The highest BCUT2D eigenvalue weighted by molar-refractivity contribution is 7.99. The Bertz CT molecular complexity index is 829. The summed E-state index contributed by atoms with van der Waals surface area (Å²) in [6.07, 6.45) is 0. The van der Waals surface area contributed by atoms with E-state index in [2.05, 4.69) is 5.32 Å². The Balaban J connectivity index is 1.79. The van der Waals surface area contributed by atoms with Crippen LogP contribution in [-0.2, 0) is 4.79 Å². The van der Waals surface area contributed by atoms with Crippen molar-refractivity contribution in [2.75, 3.05) is 24.1 Å². The average molecular weight is 391 g/mol. The van der Waals surface area contributed by atoms with E-state index < -0.39 is 6.04 Å². The molecule has 3 rings (SSSR count). The molecule has 1 aliphatic heterocycles. The highest BCUT2D eigenvalue weighted by Crippen LogP contribution is 2.32. The first kappa shape index (κ1) is 18.6. The van der Waals surface area contributed by atoms with Crippen LogP contribution in [0.2, 0.25) is 5.02 Å². The summed E-state index contributed by atoms with van der Waals surface area (Å²) in [5, 5.41) is 3.44. The second-order valence-electron chi connectivity index (χ2n) is 5.95. The van der Waals surface area contributed by atoms with Gasteiger partial charge in [-0.2, -0.15) is 0 Å². The van der Waals surface area contributed by atoms with E-state index in [9.17, 15) is 9.59 Å². The van der Waals surface area contributed by atoms with Gasteiger partial charge < -0.3 is 15.0 Å². The van der Waals surface area contributed by atoms with Gasteiger partial charge in [-0.15, -0.1) is 11.8 Å². The Kier molecular flexibility index (Phi) is 5.74. The highest BCUT2D eigenvalue weighted by Gasteiger charge is 2.35. The number of aryl methyl sites for hydroxylation is 1. The van der Waals surface area contributed by atoms with Gasteiger partial charge in [0, 0.05) is 22.4 Å². The number of halogens is 1. The summed E-state index contributed by atoms with van der Waals surface area (Å²) < 4.78 is 5.30. The number of hydrogen-bond acceptors (Lipinski definition) is 4. The molecule has 1 N–H and O–H groups in total. The summed E-state index contributed by atoms with van der Waals surface area (Å²) >= 11 is 7.67. The predicted molar refractivity (Wildman–Crippen MR) is 105 cm³/mol. The lowest BCUT2D eigenvalue weighted by Crippen LogP contribution is -2.44. The summed E-state index contributed by atoms with van der Waals surface area (Å²) in [4.78, 5) is 27.1. The minimum absolute atomic E-state index is 0.144. The first-order valence-electron chi connectivity index (χ1n) is 8.10. The van der Waals surface area contributed by atoms with E-state index in [4.69, 9.17) is 16.3 Å². The molecule has 0 bridgehead atoms. The zero-order valence-electron chi connectivity index (χ0n) is 14.5. The van der Waals surface area contributed by atoms with Crippen molar-refractivity contribution < 1.29 is 14.3 Å². The Hall–Kier alpha value is -2.18. The van der Waals surface area contributed by atoms with Gasteiger partial charge in [-0.1, -0.05) is 29.8 Å². The van der Waals surface area contributed by atoms with E-state index in [1.54, 1.807) is 40.9 Å². The summed E-state index contributed by atoms with van der Waals surface area (Å²) in [5.41, 5.74) is 1.96. The molecule has 136 valence electrons. The van der Waals surface area contributed by atoms with Crippen molar-refractivity contribution in [2.24, 2.45) is 0 Å². The van der Waals surface area contributed by atoms with Crippen LogP contribution < -0.4 is 10.1 Å². The fraction of sp³-hybridized carbons (Fsp3) is 0.263. The second kappa shape index (κ2) is 8.01. The number of nitrogens with zero attached hydrogens (tertiary/aromatic N) is 1. The van der Waals surface area contributed by atoms with E-state index in [0.29, 0.717) is 33.7 Å². The molecule has 0 spiro atoms. The van der Waals surface area contributed by atoms with Gasteiger partial charge in [-0.3, -0.25) is 9.59 Å². The third-order valence-corrected chi connectivity index (χ3v) is 5.62. The van der Waals surface area contributed by atoms with Crippen molar-refractivity contribution in [3.63, 3.8) is 0 Å². The average Bonchev–Trinajstić information content (AvgIpc) is 3.14. The van der Waals surface area contributed by atoms with E-state index in [0.717, 1.165) is 5.56 Å². The van der Waals surface area contributed by atoms with E-state index >= 15 is 0 Å². The highest BCUT2D eigenvalue weighted by atomic mass is 35.5. The Labute approximate surface area is 161 Å². The normalized spacial score (nSPS) is 16.4. The lowest BCUT2D eigenvalue weighted by atomic mass is 10.1. The molecule has 1 fully saturated rings. The summed E-state index contributed by atoms with van der Waals surface area (Å²) in [5.74, 6) is 1.15. The number of nitrogens with one attached hydrogen (secondary N) is 1. The number of ether oxygens (including phenoxy) is 1. The summed E-state index contributed by atoms with van der Waals surface area (Å²) in [7, 11) is 1.52. The molecule has 1 saturated heterocycles. The van der Waals surface area contributed by atoms with Crippen LogP contribution in [0.25, 0.3) is 0 Å². The molecule has 1 aliphatic rings. The van der Waals surface area contributed by atoms with Crippen LogP contribution in [-0.4, -0.2) is 41.5 Å². The zero-order valence-corrected chi connectivity index (χ0v) is 16.1. The van der Waals surface area contributed by atoms with Gasteiger partial charge >= 0.3 is 0 Å². The molecule has 26 heavy (non-hydrogen) atoms. The summed E-state index contributed by atoms with van der Waals surface area (Å²) in [6.45, 7) is 1.86. The molecule has 2 amide bonds. The number of hydrogen-bond donors (Lipinski definition) is 1. The number of benzene rings is 2. The number of thioether (sulfide) groups is 1. The fourth-order valence-corrected chi connectivity index (χ4v) is 4.06. The molecule has 0 aromatic heterocycles. The first-order chi connectivity index (χ1) is 12.5. The van der Waals surface area contributed by atoms with Crippen molar-refractivity contribution in [3.8, 4) is 5.75 Å². The van der Waals surface area contributed by atoms with E-state index in [-0.39, 0.29) is 11.8 Å². The van der Waals surface area contributed by atoms with E-state index in [1.165, 1.54) is 7.11 Å². The fourth-order valence-electron chi connectivity index (χ4n) is 2.75. The molecule has 2 aromatic carbocycles. The minimum atomic E-state index is -0.534. The third kappa shape index (κ3) is 3.81. The molecule has 0 radical (unpaired) electrons. The monoisotopic (exact) mass is 390 g/mol. The smallest absolute Gasteiger partial charge is 0.255 e. The maximum atomic E-state index is 12.8. The van der Waals surface area contributed by atoms with Crippen molar-refractivity contribution in [1.82, 2.24) is 4.90 Å². The zero-order chi connectivity index (χ0) is 18.7. The van der Waals surface area contributed by atoms with Crippen LogP contribution in [0.3, 0.4) is 0 Å². The number of anilines is 1. The van der Waals surface area contributed by atoms with Crippen molar-refractivity contribution >= 4 is 40.9 Å². The van der Waals surface area contributed by atoms with Crippen LogP contribution >= 0.6 is 23.4 Å². The molecular formula is C19H19ClN2O3S. The number of rotatable bonds is 4. The molecule has 5 nitrogen and oxygen atoms in total. The summed E-state index contributed by atoms with van der Waals surface area (Å²) in [6, 6.07) is 11.9.